The van der Waals surface area contributed by atoms with E-state index in [2.05, 4.69) is 5.32 Å². The van der Waals surface area contributed by atoms with Crippen LogP contribution in [0, 0.1) is 6.92 Å². The zero-order valence-corrected chi connectivity index (χ0v) is 21.8. The maximum Gasteiger partial charge on any atom is 0.416 e. The largest absolute Gasteiger partial charge is 0.416 e. The number of nitrogens with zero attached hydrogens (tertiary/aromatic N) is 2. The van der Waals surface area contributed by atoms with Gasteiger partial charge in [-0.2, -0.15) is 13.2 Å². The SMILES string of the molecule is CC[C@@H](C)NC(=O)[C@H](C)N(Cc1cccc(C)c1)C(=O)CN(c1cccc(C(F)(F)F)c1)S(C)(=O)=O. The van der Waals surface area contributed by atoms with Crippen molar-refractivity contribution in [3.05, 3.63) is 65.2 Å². The number of amides is 2. The molecule has 0 bridgehead atoms. The van der Waals surface area contributed by atoms with E-state index in [0.29, 0.717) is 16.8 Å². The van der Waals surface area contributed by atoms with Crippen LogP contribution in [0.1, 0.15) is 43.9 Å². The molecular weight excluding hydrogens is 495 g/mol. The normalized spacial score (nSPS) is 13.6. The van der Waals surface area contributed by atoms with Crippen LogP contribution in [0.2, 0.25) is 0 Å². The molecule has 11 heteroatoms. The number of alkyl halides is 3. The number of benzene rings is 2. The molecular formula is C25H32F3N3O4S. The molecule has 1 N–H and O–H groups in total. The third-order valence-corrected chi connectivity index (χ3v) is 6.88. The van der Waals surface area contributed by atoms with Crippen molar-refractivity contribution in [1.82, 2.24) is 10.2 Å². The Morgan fingerprint density at radius 3 is 2.25 bits per heavy atom. The number of carbonyl (C=O) groups excluding carboxylic acids is 2. The lowest BCUT2D eigenvalue weighted by Crippen LogP contribution is -2.52. The molecule has 0 saturated heterocycles. The fraction of sp³-hybridized carbons (Fsp3) is 0.440. The zero-order valence-electron chi connectivity index (χ0n) is 21.0. The van der Waals surface area contributed by atoms with Crippen molar-refractivity contribution >= 4 is 27.5 Å². The maximum absolute atomic E-state index is 13.5. The van der Waals surface area contributed by atoms with Crippen LogP contribution >= 0.6 is 0 Å². The highest BCUT2D eigenvalue weighted by Gasteiger charge is 2.33. The van der Waals surface area contributed by atoms with Gasteiger partial charge in [0.15, 0.2) is 0 Å². The zero-order chi connectivity index (χ0) is 27.3. The van der Waals surface area contributed by atoms with Gasteiger partial charge in [-0.05, 0) is 51.0 Å². The molecule has 36 heavy (non-hydrogen) atoms. The van der Waals surface area contributed by atoms with Crippen LogP contribution < -0.4 is 9.62 Å². The number of nitrogens with one attached hydrogen (secondary N) is 1. The molecule has 0 heterocycles. The van der Waals surface area contributed by atoms with Gasteiger partial charge in [0.25, 0.3) is 0 Å². The number of rotatable bonds is 10. The molecule has 0 saturated carbocycles. The smallest absolute Gasteiger partial charge is 0.352 e. The first-order valence-corrected chi connectivity index (χ1v) is 13.3. The van der Waals surface area contributed by atoms with Crippen molar-refractivity contribution in [2.24, 2.45) is 0 Å². The summed E-state index contributed by atoms with van der Waals surface area (Å²) in [5, 5.41) is 2.81. The lowest BCUT2D eigenvalue weighted by molar-refractivity contribution is -0.139. The minimum Gasteiger partial charge on any atom is -0.352 e. The van der Waals surface area contributed by atoms with Gasteiger partial charge in [0.05, 0.1) is 17.5 Å². The summed E-state index contributed by atoms with van der Waals surface area (Å²) in [4.78, 5) is 27.6. The van der Waals surface area contributed by atoms with Crippen LogP contribution in [-0.2, 0) is 32.3 Å². The Labute approximate surface area is 210 Å². The van der Waals surface area contributed by atoms with E-state index < -0.39 is 46.2 Å². The molecule has 2 aromatic rings. The van der Waals surface area contributed by atoms with Crippen LogP contribution in [0.15, 0.2) is 48.5 Å². The quantitative estimate of drug-likeness (QED) is 0.504. The van der Waals surface area contributed by atoms with Crippen molar-refractivity contribution in [3.8, 4) is 0 Å². The van der Waals surface area contributed by atoms with E-state index in [-0.39, 0.29) is 18.3 Å². The maximum atomic E-state index is 13.5. The minimum atomic E-state index is -4.69. The Morgan fingerprint density at radius 2 is 1.69 bits per heavy atom. The predicted molar refractivity (Wildman–Crippen MR) is 133 cm³/mol. The molecule has 7 nitrogen and oxygen atoms in total. The molecule has 0 aliphatic carbocycles. The Balaban J connectivity index is 2.44. The highest BCUT2D eigenvalue weighted by molar-refractivity contribution is 7.92. The van der Waals surface area contributed by atoms with Crippen LogP contribution in [-0.4, -0.2) is 50.0 Å². The highest BCUT2D eigenvalue weighted by atomic mass is 32.2. The molecule has 0 aliphatic rings. The molecule has 0 aromatic heterocycles. The average molecular weight is 528 g/mol. The molecule has 2 rings (SSSR count). The topological polar surface area (TPSA) is 86.8 Å². The molecule has 0 unspecified atom stereocenters. The Morgan fingerprint density at radius 1 is 1.06 bits per heavy atom. The van der Waals surface area contributed by atoms with Crippen LogP contribution in [0.5, 0.6) is 0 Å². The molecule has 2 aromatic carbocycles. The summed E-state index contributed by atoms with van der Waals surface area (Å²) in [6.07, 6.45) is -3.21. The first kappa shape index (κ1) is 29.2. The predicted octanol–water partition coefficient (Wildman–Crippen LogP) is 4.11. The van der Waals surface area contributed by atoms with E-state index in [9.17, 15) is 31.2 Å². The number of halogens is 3. The molecule has 198 valence electrons. The summed E-state index contributed by atoms with van der Waals surface area (Å²) < 4.78 is 65.4. The number of hydrogen-bond acceptors (Lipinski definition) is 4. The van der Waals surface area contributed by atoms with Crippen LogP contribution in [0.4, 0.5) is 18.9 Å². The third kappa shape index (κ3) is 7.97. The van der Waals surface area contributed by atoms with Crippen molar-refractivity contribution in [2.75, 3.05) is 17.1 Å². The standard InChI is InChI=1S/C25H32F3N3O4S/c1-6-18(3)29-24(33)19(4)30(15-20-10-7-9-17(2)13-20)23(32)16-31(36(5,34)35)22-12-8-11-21(14-22)25(26,27)28/h7-14,18-19H,6,15-16H2,1-5H3,(H,29,33)/t18-,19+/m1/s1. The Hall–Kier alpha value is -3.08. The van der Waals surface area contributed by atoms with Crippen LogP contribution in [0.25, 0.3) is 0 Å². The first-order chi connectivity index (χ1) is 16.6. The van der Waals surface area contributed by atoms with E-state index in [1.165, 1.54) is 17.9 Å². The Bertz CT molecular complexity index is 1190. The van der Waals surface area contributed by atoms with Crippen molar-refractivity contribution in [3.63, 3.8) is 0 Å². The molecule has 0 fully saturated rings. The second-order valence-electron chi connectivity index (χ2n) is 8.82. The van der Waals surface area contributed by atoms with Gasteiger partial charge >= 0.3 is 6.18 Å². The number of hydrogen-bond donors (Lipinski definition) is 1. The van der Waals surface area contributed by atoms with E-state index >= 15 is 0 Å². The molecule has 2 amide bonds. The van der Waals surface area contributed by atoms with Gasteiger partial charge in [0.2, 0.25) is 21.8 Å². The monoisotopic (exact) mass is 527 g/mol. The molecule has 0 aliphatic heterocycles. The first-order valence-electron chi connectivity index (χ1n) is 11.4. The number of anilines is 1. The number of sulfonamides is 1. The number of carbonyl (C=O) groups is 2. The van der Waals surface area contributed by atoms with Gasteiger partial charge in [0, 0.05) is 12.6 Å². The fourth-order valence-corrected chi connectivity index (χ4v) is 4.35. The summed E-state index contributed by atoms with van der Waals surface area (Å²) in [5.74, 6) is -1.15. The van der Waals surface area contributed by atoms with Gasteiger partial charge in [-0.25, -0.2) is 8.42 Å². The van der Waals surface area contributed by atoms with Gasteiger partial charge in [-0.15, -0.1) is 0 Å². The van der Waals surface area contributed by atoms with E-state index in [4.69, 9.17) is 0 Å². The summed E-state index contributed by atoms with van der Waals surface area (Å²) in [6, 6.07) is 9.92. The van der Waals surface area contributed by atoms with E-state index in [1.807, 2.05) is 32.9 Å². The summed E-state index contributed by atoms with van der Waals surface area (Å²) >= 11 is 0. The molecule has 2 atom stereocenters. The lowest BCUT2D eigenvalue weighted by Gasteiger charge is -2.32. The number of aryl methyl sites for hydroxylation is 1. The van der Waals surface area contributed by atoms with Crippen molar-refractivity contribution in [1.29, 1.82) is 0 Å². The fourth-order valence-electron chi connectivity index (χ4n) is 3.51. The Kier molecular flexibility index (Phi) is 9.53. The molecule has 0 spiro atoms. The van der Waals surface area contributed by atoms with Gasteiger partial charge in [-0.3, -0.25) is 13.9 Å². The summed E-state index contributed by atoms with van der Waals surface area (Å²) in [6.45, 7) is 6.34. The average Bonchev–Trinajstić information content (AvgIpc) is 2.79. The van der Waals surface area contributed by atoms with Gasteiger partial charge in [-0.1, -0.05) is 42.8 Å². The van der Waals surface area contributed by atoms with Crippen molar-refractivity contribution < 1.29 is 31.2 Å². The van der Waals surface area contributed by atoms with Gasteiger partial charge in [0.1, 0.15) is 12.6 Å². The van der Waals surface area contributed by atoms with Crippen LogP contribution in [0.3, 0.4) is 0 Å². The third-order valence-electron chi connectivity index (χ3n) is 5.74. The van der Waals surface area contributed by atoms with E-state index in [0.717, 1.165) is 29.5 Å². The molecule has 0 radical (unpaired) electrons. The lowest BCUT2D eigenvalue weighted by atomic mass is 10.1. The highest BCUT2D eigenvalue weighted by Crippen LogP contribution is 2.32. The summed E-state index contributed by atoms with van der Waals surface area (Å²) in [5.41, 5.74) is 0.307. The van der Waals surface area contributed by atoms with E-state index in [1.54, 1.807) is 12.1 Å². The summed E-state index contributed by atoms with van der Waals surface area (Å²) in [7, 11) is -4.14. The second-order valence-corrected chi connectivity index (χ2v) is 10.7. The minimum absolute atomic E-state index is 0.00972. The van der Waals surface area contributed by atoms with Crippen molar-refractivity contribution in [2.45, 2.75) is 58.9 Å². The van der Waals surface area contributed by atoms with Gasteiger partial charge < -0.3 is 10.2 Å². The second kappa shape index (κ2) is 11.8.